The van der Waals surface area contributed by atoms with Gasteiger partial charge in [0.1, 0.15) is 5.54 Å². The number of nitrogens with one attached hydrogen (secondary N) is 1. The zero-order valence-electron chi connectivity index (χ0n) is 20.5. The van der Waals surface area contributed by atoms with E-state index >= 15 is 0 Å². The largest absolute Gasteiger partial charge is 0.417 e. The summed E-state index contributed by atoms with van der Waals surface area (Å²) in [7, 11) is -3.16. The number of nitriles is 1. The molecule has 13 heteroatoms. The van der Waals surface area contributed by atoms with E-state index in [1.54, 1.807) is 9.80 Å². The van der Waals surface area contributed by atoms with E-state index in [2.05, 4.69) is 5.32 Å². The van der Waals surface area contributed by atoms with Crippen LogP contribution in [0.15, 0.2) is 23.1 Å². The highest BCUT2D eigenvalue weighted by Crippen LogP contribution is 2.43. The number of nitrogens with zero attached hydrogens (tertiary/aromatic N) is 3. The number of anilines is 1. The van der Waals surface area contributed by atoms with E-state index in [1.807, 2.05) is 6.07 Å². The summed E-state index contributed by atoms with van der Waals surface area (Å²) in [6.45, 7) is 2.78. The van der Waals surface area contributed by atoms with Crippen LogP contribution in [0, 0.1) is 17.2 Å². The molecule has 1 aromatic carbocycles. The molecule has 9 nitrogen and oxygen atoms in total. The molecule has 0 radical (unpaired) electrons. The lowest BCUT2D eigenvalue weighted by Gasteiger charge is -2.36. The summed E-state index contributed by atoms with van der Waals surface area (Å²) < 4.78 is 74.6. The second-order valence-corrected chi connectivity index (χ2v) is 12.1. The van der Waals surface area contributed by atoms with Crippen LogP contribution in [0.1, 0.15) is 38.2 Å². The monoisotopic (exact) mass is 542 g/mol. The summed E-state index contributed by atoms with van der Waals surface area (Å²) in [6.07, 6.45) is -5.09. The van der Waals surface area contributed by atoms with Crippen molar-refractivity contribution in [3.8, 4) is 6.07 Å². The van der Waals surface area contributed by atoms with Crippen molar-refractivity contribution in [3.05, 3.63) is 23.8 Å². The Balaban J connectivity index is 1.59. The SMILES string of the molecule is CO[C@H]1C[C@@H](S(=O)(=O)c2ccc(N3CCN(C(C)=O)CC3)cc2C(F)(F)F)C[C@@H]1C(=O)NC1(C#N)CC1. The number of hydrogen-bond donors (Lipinski definition) is 1. The fourth-order valence-corrected chi connectivity index (χ4v) is 7.11. The molecule has 0 aromatic heterocycles. The highest BCUT2D eigenvalue weighted by Gasteiger charge is 2.51. The van der Waals surface area contributed by atoms with Crippen molar-refractivity contribution >= 4 is 27.3 Å². The summed E-state index contributed by atoms with van der Waals surface area (Å²) in [5, 5.41) is 10.6. The summed E-state index contributed by atoms with van der Waals surface area (Å²) in [5.41, 5.74) is -2.00. The minimum atomic E-state index is -4.93. The first-order valence-electron chi connectivity index (χ1n) is 12.0. The minimum Gasteiger partial charge on any atom is -0.381 e. The van der Waals surface area contributed by atoms with Gasteiger partial charge in [-0.05, 0) is 43.9 Å². The van der Waals surface area contributed by atoms with Gasteiger partial charge in [-0.3, -0.25) is 9.59 Å². The molecule has 37 heavy (non-hydrogen) atoms. The normalized spacial score (nSPS) is 25.5. The molecule has 3 atom stereocenters. The molecule has 2 aliphatic carbocycles. The molecular weight excluding hydrogens is 513 g/mol. The number of sulfone groups is 1. The number of carbonyl (C=O) groups excluding carboxylic acids is 2. The Morgan fingerprint density at radius 3 is 2.32 bits per heavy atom. The lowest BCUT2D eigenvalue weighted by Crippen LogP contribution is -2.48. The fourth-order valence-electron chi connectivity index (χ4n) is 5.11. The van der Waals surface area contributed by atoms with E-state index in [0.29, 0.717) is 39.0 Å². The Morgan fingerprint density at radius 1 is 1.16 bits per heavy atom. The Hall–Kier alpha value is -2.85. The maximum absolute atomic E-state index is 14.1. The second-order valence-electron chi connectivity index (χ2n) is 9.87. The predicted molar refractivity (Wildman–Crippen MR) is 126 cm³/mol. The van der Waals surface area contributed by atoms with Gasteiger partial charge in [0.05, 0.1) is 33.8 Å². The third-order valence-corrected chi connectivity index (χ3v) is 9.76. The molecule has 3 aliphatic rings. The Kier molecular flexibility index (Phi) is 7.20. The topological polar surface area (TPSA) is 120 Å². The van der Waals surface area contributed by atoms with Gasteiger partial charge in [0.15, 0.2) is 9.84 Å². The van der Waals surface area contributed by atoms with Crippen molar-refractivity contribution in [1.82, 2.24) is 10.2 Å². The molecule has 202 valence electrons. The molecule has 0 spiro atoms. The number of hydrogen-bond acceptors (Lipinski definition) is 7. The van der Waals surface area contributed by atoms with Crippen LogP contribution in [-0.2, 0) is 30.3 Å². The number of benzene rings is 1. The number of ether oxygens (including phenoxy) is 1. The molecule has 0 bridgehead atoms. The van der Waals surface area contributed by atoms with Crippen molar-refractivity contribution in [3.63, 3.8) is 0 Å². The van der Waals surface area contributed by atoms with Gasteiger partial charge in [0, 0.05) is 45.9 Å². The zero-order valence-corrected chi connectivity index (χ0v) is 21.4. The molecule has 1 N–H and O–H groups in total. The zero-order chi connectivity index (χ0) is 27.2. The lowest BCUT2D eigenvalue weighted by atomic mass is 10.0. The second kappa shape index (κ2) is 9.79. The number of piperazine rings is 1. The van der Waals surface area contributed by atoms with Crippen LogP contribution in [0.25, 0.3) is 0 Å². The van der Waals surface area contributed by atoms with Gasteiger partial charge in [-0.2, -0.15) is 18.4 Å². The molecule has 1 aliphatic heterocycles. The van der Waals surface area contributed by atoms with Crippen LogP contribution in [0.5, 0.6) is 0 Å². The van der Waals surface area contributed by atoms with Crippen LogP contribution in [0.4, 0.5) is 18.9 Å². The van der Waals surface area contributed by atoms with Gasteiger partial charge in [-0.1, -0.05) is 0 Å². The van der Waals surface area contributed by atoms with E-state index in [4.69, 9.17) is 4.74 Å². The van der Waals surface area contributed by atoms with Gasteiger partial charge in [0.2, 0.25) is 11.8 Å². The Labute approximate surface area is 213 Å². The highest BCUT2D eigenvalue weighted by atomic mass is 32.2. The van der Waals surface area contributed by atoms with Crippen molar-refractivity contribution < 1.29 is 35.9 Å². The highest BCUT2D eigenvalue weighted by molar-refractivity contribution is 7.92. The third kappa shape index (κ3) is 5.40. The first kappa shape index (κ1) is 27.2. The van der Waals surface area contributed by atoms with Crippen LogP contribution < -0.4 is 10.2 Å². The number of amides is 2. The first-order valence-corrected chi connectivity index (χ1v) is 13.6. The number of alkyl halides is 3. The lowest BCUT2D eigenvalue weighted by molar-refractivity contribution is -0.139. The summed E-state index contributed by atoms with van der Waals surface area (Å²) in [5.74, 6) is -1.55. The Bertz CT molecular complexity index is 1220. The van der Waals surface area contributed by atoms with Gasteiger partial charge in [-0.15, -0.1) is 0 Å². The summed E-state index contributed by atoms with van der Waals surface area (Å²) >= 11 is 0. The van der Waals surface area contributed by atoms with E-state index < -0.39 is 55.2 Å². The number of methoxy groups -OCH3 is 1. The Morgan fingerprint density at radius 2 is 1.81 bits per heavy atom. The molecule has 3 fully saturated rings. The number of halogens is 3. The molecule has 1 heterocycles. The first-order chi connectivity index (χ1) is 17.3. The van der Waals surface area contributed by atoms with Gasteiger partial charge in [-0.25, -0.2) is 8.42 Å². The summed E-state index contributed by atoms with van der Waals surface area (Å²) in [4.78, 5) is 26.8. The average molecular weight is 543 g/mol. The van der Waals surface area contributed by atoms with Crippen LogP contribution >= 0.6 is 0 Å². The van der Waals surface area contributed by atoms with Gasteiger partial charge < -0.3 is 19.9 Å². The summed E-state index contributed by atoms with van der Waals surface area (Å²) in [6, 6.07) is 5.20. The fraction of sp³-hybridized carbons (Fsp3) is 0.625. The van der Waals surface area contributed by atoms with Crippen molar-refractivity contribution in [1.29, 1.82) is 5.26 Å². The minimum absolute atomic E-state index is 0.116. The van der Waals surface area contributed by atoms with E-state index in [1.165, 1.54) is 20.1 Å². The number of rotatable bonds is 6. The maximum Gasteiger partial charge on any atom is 0.417 e. The molecule has 0 unspecified atom stereocenters. The molecule has 2 saturated carbocycles. The maximum atomic E-state index is 14.1. The van der Waals surface area contributed by atoms with Crippen LogP contribution in [0.3, 0.4) is 0 Å². The van der Waals surface area contributed by atoms with Gasteiger partial charge in [0.25, 0.3) is 0 Å². The molecular formula is C24H29F3N4O5S. The van der Waals surface area contributed by atoms with Crippen LogP contribution in [0.2, 0.25) is 0 Å². The predicted octanol–water partition coefficient (Wildman–Crippen LogP) is 2.11. The van der Waals surface area contributed by atoms with Crippen LogP contribution in [-0.4, -0.2) is 75.3 Å². The smallest absolute Gasteiger partial charge is 0.381 e. The molecule has 2 amide bonds. The van der Waals surface area contributed by atoms with E-state index in [-0.39, 0.29) is 24.4 Å². The van der Waals surface area contributed by atoms with Crippen molar-refractivity contribution in [2.45, 2.75) is 60.6 Å². The van der Waals surface area contributed by atoms with Crippen molar-refractivity contribution in [2.24, 2.45) is 5.92 Å². The number of carbonyl (C=O) groups is 2. The molecule has 1 aromatic rings. The van der Waals surface area contributed by atoms with E-state index in [0.717, 1.165) is 12.1 Å². The quantitative estimate of drug-likeness (QED) is 0.585. The van der Waals surface area contributed by atoms with E-state index in [9.17, 15) is 36.4 Å². The average Bonchev–Trinajstić information content (AvgIpc) is 3.48. The molecule has 4 rings (SSSR count). The molecule has 1 saturated heterocycles. The standard InChI is InChI=1S/C24H29F3N4O5S/c1-15(32)30-7-9-31(10-8-30)16-3-4-21(19(11-16)24(25,26)27)37(34,35)17-12-18(20(13-17)36-2)22(33)29-23(14-28)5-6-23/h3-4,11,17-18,20H,5-10,12-13H2,1-2H3,(H,29,33)/t17-,18-,20-/m0/s1. The third-order valence-electron chi connectivity index (χ3n) is 7.53. The van der Waals surface area contributed by atoms with Gasteiger partial charge >= 0.3 is 6.18 Å². The van der Waals surface area contributed by atoms with Crippen molar-refractivity contribution in [2.75, 3.05) is 38.2 Å².